The summed E-state index contributed by atoms with van der Waals surface area (Å²) in [4.78, 5) is 24.1. The molecule has 6 nitrogen and oxygen atoms in total. The monoisotopic (exact) mass is 501 g/mol. The molecule has 0 saturated carbocycles. The smallest absolute Gasteiger partial charge is 0.242 e. The van der Waals surface area contributed by atoms with Crippen molar-refractivity contribution in [1.82, 2.24) is 20.5 Å². The van der Waals surface area contributed by atoms with E-state index in [1.54, 1.807) is 18.4 Å². The highest BCUT2D eigenvalue weighted by Crippen LogP contribution is 2.16. The van der Waals surface area contributed by atoms with Gasteiger partial charge in [-0.1, -0.05) is 30.3 Å². The third-order valence-corrected chi connectivity index (χ3v) is 5.07. The average molecular weight is 501 g/mol. The molecule has 0 radical (unpaired) electrons. The van der Waals surface area contributed by atoms with E-state index in [0.717, 1.165) is 16.3 Å². The number of hydrogen-bond donors (Lipinski definition) is 2. The highest BCUT2D eigenvalue weighted by molar-refractivity contribution is 14.0. The summed E-state index contributed by atoms with van der Waals surface area (Å²) < 4.78 is 0. The van der Waals surface area contributed by atoms with Crippen LogP contribution in [0.2, 0.25) is 0 Å². The van der Waals surface area contributed by atoms with Gasteiger partial charge < -0.3 is 15.5 Å². The zero-order valence-electron chi connectivity index (χ0n) is 16.3. The highest BCUT2D eigenvalue weighted by atomic mass is 127. The minimum atomic E-state index is 0. The number of aromatic nitrogens is 1. The second kappa shape index (κ2) is 11.9. The maximum Gasteiger partial charge on any atom is 0.242 e. The van der Waals surface area contributed by atoms with Crippen molar-refractivity contribution < 1.29 is 4.79 Å². The number of carbonyl (C=O) groups is 1. The van der Waals surface area contributed by atoms with Crippen LogP contribution in [0.25, 0.3) is 0 Å². The quantitative estimate of drug-likeness (QED) is 0.348. The zero-order valence-corrected chi connectivity index (χ0v) is 19.4. The third kappa shape index (κ3) is 7.45. The third-order valence-electron chi connectivity index (χ3n) is 4.00. The van der Waals surface area contributed by atoms with Gasteiger partial charge in [0, 0.05) is 25.0 Å². The van der Waals surface area contributed by atoms with Gasteiger partial charge in [0.1, 0.15) is 0 Å². The number of likely N-dealkylation sites (N-methyl/N-ethyl adjacent to an activating group) is 1. The van der Waals surface area contributed by atoms with Crippen molar-refractivity contribution in [1.29, 1.82) is 0 Å². The van der Waals surface area contributed by atoms with Crippen LogP contribution in [0.15, 0.2) is 35.3 Å². The van der Waals surface area contributed by atoms with Gasteiger partial charge >= 0.3 is 0 Å². The predicted octanol–water partition coefficient (Wildman–Crippen LogP) is 3.09. The van der Waals surface area contributed by atoms with Crippen molar-refractivity contribution in [2.24, 2.45) is 4.99 Å². The van der Waals surface area contributed by atoms with Crippen molar-refractivity contribution in [2.75, 3.05) is 20.1 Å². The Morgan fingerprint density at radius 1 is 1.22 bits per heavy atom. The summed E-state index contributed by atoms with van der Waals surface area (Å²) in [5, 5.41) is 7.39. The number of guanidine groups is 1. The van der Waals surface area contributed by atoms with E-state index in [4.69, 9.17) is 0 Å². The lowest BCUT2D eigenvalue weighted by Crippen LogP contribution is -2.44. The molecule has 0 aliphatic rings. The highest BCUT2D eigenvalue weighted by Gasteiger charge is 2.13. The predicted molar refractivity (Wildman–Crippen MR) is 123 cm³/mol. The van der Waals surface area contributed by atoms with Crippen molar-refractivity contribution in [3.8, 4) is 0 Å². The minimum absolute atomic E-state index is 0. The SMILES string of the molecule is CCN(Cc1ccccc1)C(=O)CNC(=NC)NCc1sc(C)nc1C.I. The maximum absolute atomic E-state index is 12.5. The molecule has 0 aliphatic carbocycles. The van der Waals surface area contributed by atoms with Crippen LogP contribution in [0.4, 0.5) is 0 Å². The first-order valence-electron chi connectivity index (χ1n) is 8.72. The lowest BCUT2D eigenvalue weighted by molar-refractivity contribution is -0.130. The summed E-state index contributed by atoms with van der Waals surface area (Å²) in [5.74, 6) is 0.656. The van der Waals surface area contributed by atoms with Crippen molar-refractivity contribution in [3.05, 3.63) is 51.5 Å². The molecular formula is C19H28IN5OS. The topological polar surface area (TPSA) is 69.6 Å². The molecule has 2 aromatic rings. The average Bonchev–Trinajstić information content (AvgIpc) is 2.97. The molecular weight excluding hydrogens is 473 g/mol. The number of benzene rings is 1. The van der Waals surface area contributed by atoms with Gasteiger partial charge in [-0.05, 0) is 26.3 Å². The Hall–Kier alpha value is -1.68. The van der Waals surface area contributed by atoms with Crippen LogP contribution in [0.3, 0.4) is 0 Å². The molecule has 0 atom stereocenters. The Morgan fingerprint density at radius 2 is 1.93 bits per heavy atom. The molecule has 0 bridgehead atoms. The first-order valence-corrected chi connectivity index (χ1v) is 9.54. The van der Waals surface area contributed by atoms with E-state index >= 15 is 0 Å². The van der Waals surface area contributed by atoms with Crippen LogP contribution >= 0.6 is 35.3 Å². The Morgan fingerprint density at radius 3 is 2.48 bits per heavy atom. The second-order valence-electron chi connectivity index (χ2n) is 5.91. The van der Waals surface area contributed by atoms with E-state index in [1.165, 1.54) is 4.88 Å². The van der Waals surface area contributed by atoms with Crippen LogP contribution in [-0.4, -0.2) is 41.9 Å². The lowest BCUT2D eigenvalue weighted by atomic mass is 10.2. The molecule has 8 heteroatoms. The van der Waals surface area contributed by atoms with Crippen molar-refractivity contribution in [2.45, 2.75) is 33.9 Å². The molecule has 0 fully saturated rings. The molecule has 1 heterocycles. The van der Waals surface area contributed by atoms with E-state index in [9.17, 15) is 4.79 Å². The number of amides is 1. The molecule has 2 rings (SSSR count). The number of rotatable bonds is 7. The molecule has 2 N–H and O–H groups in total. The van der Waals surface area contributed by atoms with E-state index in [2.05, 4.69) is 20.6 Å². The summed E-state index contributed by atoms with van der Waals surface area (Å²) in [6.07, 6.45) is 0. The maximum atomic E-state index is 12.5. The molecule has 148 valence electrons. The summed E-state index contributed by atoms with van der Waals surface area (Å²) >= 11 is 1.67. The molecule has 1 aromatic heterocycles. The summed E-state index contributed by atoms with van der Waals surface area (Å²) in [5.41, 5.74) is 2.16. The standard InChI is InChI=1S/C19H27N5OS.HI/c1-5-24(13-16-9-7-6-8-10-16)18(25)12-22-19(20-4)21-11-17-14(2)23-15(3)26-17;/h6-10H,5,11-13H2,1-4H3,(H2,20,21,22);1H. The van der Waals surface area contributed by atoms with Crippen LogP contribution in [0.5, 0.6) is 0 Å². The summed E-state index contributed by atoms with van der Waals surface area (Å²) in [6.45, 7) is 8.13. The normalized spacial score (nSPS) is 10.9. The number of nitrogens with one attached hydrogen (secondary N) is 2. The van der Waals surface area contributed by atoms with E-state index in [-0.39, 0.29) is 36.4 Å². The molecule has 1 aromatic carbocycles. The summed E-state index contributed by atoms with van der Waals surface area (Å²) in [6, 6.07) is 10.0. The molecule has 0 saturated heterocycles. The van der Waals surface area contributed by atoms with E-state index in [1.807, 2.05) is 56.0 Å². The van der Waals surface area contributed by atoms with Gasteiger partial charge in [-0.15, -0.1) is 35.3 Å². The van der Waals surface area contributed by atoms with Gasteiger partial charge in [0.2, 0.25) is 5.91 Å². The van der Waals surface area contributed by atoms with Gasteiger partial charge in [0.05, 0.1) is 23.8 Å². The van der Waals surface area contributed by atoms with E-state index < -0.39 is 0 Å². The fraction of sp³-hybridized carbons (Fsp3) is 0.421. The van der Waals surface area contributed by atoms with Crippen LogP contribution in [0.1, 0.15) is 28.1 Å². The molecule has 1 amide bonds. The fourth-order valence-electron chi connectivity index (χ4n) is 2.57. The number of halogens is 1. The number of aryl methyl sites for hydroxylation is 2. The largest absolute Gasteiger partial charge is 0.351 e. The number of carbonyl (C=O) groups excluding carboxylic acids is 1. The van der Waals surface area contributed by atoms with Crippen LogP contribution < -0.4 is 10.6 Å². The van der Waals surface area contributed by atoms with Gasteiger partial charge in [-0.2, -0.15) is 0 Å². The zero-order chi connectivity index (χ0) is 18.9. The van der Waals surface area contributed by atoms with Crippen molar-refractivity contribution >= 4 is 47.2 Å². The van der Waals surface area contributed by atoms with Gasteiger partial charge in [0.15, 0.2) is 5.96 Å². The molecule has 27 heavy (non-hydrogen) atoms. The van der Waals surface area contributed by atoms with Gasteiger partial charge in [-0.3, -0.25) is 9.79 Å². The molecule has 0 unspecified atom stereocenters. The number of thiazole rings is 1. The Labute approximate surface area is 182 Å². The van der Waals surface area contributed by atoms with Gasteiger partial charge in [0.25, 0.3) is 0 Å². The molecule has 0 aliphatic heterocycles. The Bertz CT molecular complexity index is 748. The van der Waals surface area contributed by atoms with Crippen LogP contribution in [-0.2, 0) is 17.9 Å². The first kappa shape index (κ1) is 23.4. The first-order chi connectivity index (χ1) is 12.5. The fourth-order valence-corrected chi connectivity index (χ4v) is 3.45. The number of nitrogens with zero attached hydrogens (tertiary/aromatic N) is 3. The van der Waals surface area contributed by atoms with Crippen molar-refractivity contribution in [3.63, 3.8) is 0 Å². The number of hydrogen-bond acceptors (Lipinski definition) is 4. The Kier molecular flexibility index (Phi) is 10.3. The van der Waals surface area contributed by atoms with Gasteiger partial charge in [-0.25, -0.2) is 4.98 Å². The second-order valence-corrected chi connectivity index (χ2v) is 7.20. The Balaban J connectivity index is 0.00000364. The number of aliphatic imine (C=N–C) groups is 1. The minimum Gasteiger partial charge on any atom is -0.351 e. The van der Waals surface area contributed by atoms with Crippen LogP contribution in [0, 0.1) is 13.8 Å². The van der Waals surface area contributed by atoms with E-state index in [0.29, 0.717) is 25.6 Å². The lowest BCUT2D eigenvalue weighted by Gasteiger charge is -2.22. The summed E-state index contributed by atoms with van der Waals surface area (Å²) in [7, 11) is 1.70. The molecule has 0 spiro atoms.